The third-order valence-corrected chi connectivity index (χ3v) is 4.23. The largest absolute Gasteiger partial charge is 0.497 e. The van der Waals surface area contributed by atoms with E-state index < -0.39 is 6.10 Å². The third-order valence-electron chi connectivity index (χ3n) is 4.23. The van der Waals surface area contributed by atoms with Gasteiger partial charge in [0.2, 0.25) is 6.10 Å². The highest BCUT2D eigenvalue weighted by atomic mass is 16.6. The molecule has 0 bridgehead atoms. The molecule has 1 aliphatic rings. The van der Waals surface area contributed by atoms with Gasteiger partial charge in [-0.2, -0.15) is 0 Å². The number of carbonyl (C=O) groups is 1. The average molecular weight is 333 g/mol. The van der Waals surface area contributed by atoms with E-state index in [-0.39, 0.29) is 5.91 Å². The number of methoxy groups -OCH3 is 1. The van der Waals surface area contributed by atoms with Gasteiger partial charge in [-0.25, -0.2) is 0 Å². The second-order valence-corrected chi connectivity index (χ2v) is 5.74. The van der Waals surface area contributed by atoms with Crippen LogP contribution in [0.2, 0.25) is 0 Å². The fraction of sp³-hybridized carbons (Fsp3) is 0.556. The average Bonchev–Trinajstić information content (AvgIpc) is 3.12. The maximum absolute atomic E-state index is 12.2. The predicted octanol–water partition coefficient (Wildman–Crippen LogP) is 2.04. The van der Waals surface area contributed by atoms with Gasteiger partial charge in [-0.15, -0.1) is 0 Å². The first-order valence-corrected chi connectivity index (χ1v) is 8.55. The van der Waals surface area contributed by atoms with Crippen LogP contribution in [0.15, 0.2) is 29.4 Å². The number of ether oxygens (including phenoxy) is 1. The number of benzene rings is 1. The topological polar surface area (TPSA) is 63.2 Å². The van der Waals surface area contributed by atoms with Gasteiger partial charge in [-0.1, -0.05) is 19.0 Å². The summed E-state index contributed by atoms with van der Waals surface area (Å²) in [6.07, 6.45) is 0.899. The molecule has 0 aliphatic carbocycles. The summed E-state index contributed by atoms with van der Waals surface area (Å²) in [5.74, 6) is 0.697. The Morgan fingerprint density at radius 2 is 2.04 bits per heavy atom. The number of nitrogens with one attached hydrogen (secondary N) is 1. The summed E-state index contributed by atoms with van der Waals surface area (Å²) in [5, 5.41) is 6.99. The first-order chi connectivity index (χ1) is 11.7. The van der Waals surface area contributed by atoms with Crippen LogP contribution in [0.4, 0.5) is 0 Å². The van der Waals surface area contributed by atoms with Gasteiger partial charge in [-0.05, 0) is 55.9 Å². The van der Waals surface area contributed by atoms with Gasteiger partial charge in [0.25, 0.3) is 5.91 Å². The highest BCUT2D eigenvalue weighted by Crippen LogP contribution is 2.19. The molecule has 0 saturated carbocycles. The minimum Gasteiger partial charge on any atom is -0.497 e. The summed E-state index contributed by atoms with van der Waals surface area (Å²) in [4.78, 5) is 19.8. The molecular weight excluding hydrogens is 306 g/mol. The maximum atomic E-state index is 12.2. The van der Waals surface area contributed by atoms with Crippen LogP contribution in [-0.2, 0) is 9.63 Å². The molecule has 0 saturated heterocycles. The second-order valence-electron chi connectivity index (χ2n) is 5.74. The summed E-state index contributed by atoms with van der Waals surface area (Å²) in [6.45, 7) is 8.02. The predicted molar refractivity (Wildman–Crippen MR) is 94.4 cm³/mol. The molecule has 0 spiro atoms. The van der Waals surface area contributed by atoms with Gasteiger partial charge >= 0.3 is 0 Å². The number of rotatable bonds is 9. The van der Waals surface area contributed by atoms with Crippen molar-refractivity contribution in [3.63, 3.8) is 0 Å². The van der Waals surface area contributed by atoms with Crippen LogP contribution in [-0.4, -0.2) is 55.9 Å². The van der Waals surface area contributed by atoms with E-state index in [2.05, 4.69) is 29.2 Å². The van der Waals surface area contributed by atoms with Gasteiger partial charge in [0, 0.05) is 13.0 Å². The number of hydrogen-bond donors (Lipinski definition) is 1. The van der Waals surface area contributed by atoms with Crippen molar-refractivity contribution in [1.82, 2.24) is 10.2 Å². The van der Waals surface area contributed by atoms with Crippen LogP contribution in [0, 0.1) is 0 Å². The Labute approximate surface area is 143 Å². The van der Waals surface area contributed by atoms with Crippen LogP contribution < -0.4 is 10.1 Å². The van der Waals surface area contributed by atoms with E-state index in [0.717, 1.165) is 43.1 Å². The highest BCUT2D eigenvalue weighted by molar-refractivity contribution is 6.04. The fourth-order valence-electron chi connectivity index (χ4n) is 2.64. The van der Waals surface area contributed by atoms with E-state index in [1.165, 1.54) is 0 Å². The van der Waals surface area contributed by atoms with E-state index in [9.17, 15) is 4.79 Å². The van der Waals surface area contributed by atoms with Crippen molar-refractivity contribution in [2.24, 2.45) is 5.16 Å². The SMILES string of the molecule is CCN(CC)CCCNC(=O)[C@@H]1CC(c2ccc(OC)cc2)=NO1. The van der Waals surface area contributed by atoms with E-state index in [1.54, 1.807) is 7.11 Å². The molecule has 1 N–H and O–H groups in total. The Morgan fingerprint density at radius 1 is 1.33 bits per heavy atom. The molecule has 1 aliphatic heterocycles. The van der Waals surface area contributed by atoms with Crippen molar-refractivity contribution in [2.45, 2.75) is 32.8 Å². The van der Waals surface area contributed by atoms with Crippen LogP contribution in [0.5, 0.6) is 5.75 Å². The molecule has 0 fully saturated rings. The number of oxime groups is 1. The minimum atomic E-state index is -0.532. The van der Waals surface area contributed by atoms with Gasteiger partial charge in [0.1, 0.15) is 5.75 Å². The van der Waals surface area contributed by atoms with Crippen LogP contribution in [0.3, 0.4) is 0 Å². The Bertz CT molecular complexity index is 553. The Hall–Kier alpha value is -2.08. The lowest BCUT2D eigenvalue weighted by molar-refractivity contribution is -0.131. The molecule has 2 rings (SSSR count). The number of carbonyl (C=O) groups excluding carboxylic acids is 1. The third kappa shape index (κ3) is 4.96. The molecule has 1 aromatic rings. The first kappa shape index (κ1) is 18.3. The van der Waals surface area contributed by atoms with Crippen molar-refractivity contribution < 1.29 is 14.4 Å². The van der Waals surface area contributed by atoms with Crippen molar-refractivity contribution >= 4 is 11.6 Å². The fourth-order valence-corrected chi connectivity index (χ4v) is 2.64. The molecule has 1 amide bonds. The van der Waals surface area contributed by atoms with E-state index >= 15 is 0 Å². The first-order valence-electron chi connectivity index (χ1n) is 8.55. The molecule has 0 unspecified atom stereocenters. The van der Waals surface area contributed by atoms with Gasteiger partial charge in [0.05, 0.1) is 12.8 Å². The lowest BCUT2D eigenvalue weighted by atomic mass is 10.0. The Balaban J connectivity index is 1.74. The summed E-state index contributed by atoms with van der Waals surface area (Å²) < 4.78 is 5.14. The number of nitrogens with zero attached hydrogens (tertiary/aromatic N) is 2. The van der Waals surface area contributed by atoms with Crippen molar-refractivity contribution in [3.05, 3.63) is 29.8 Å². The molecule has 6 heteroatoms. The summed E-state index contributed by atoms with van der Waals surface area (Å²) >= 11 is 0. The standard InChI is InChI=1S/C18H27N3O3/c1-4-21(5-2)12-6-11-19-18(22)17-13-16(20-24-17)14-7-9-15(23-3)10-8-14/h7-10,17H,4-6,11-13H2,1-3H3,(H,19,22)/t17-/m0/s1. The van der Waals surface area contributed by atoms with Gasteiger partial charge < -0.3 is 19.8 Å². The van der Waals surface area contributed by atoms with E-state index in [1.807, 2.05) is 24.3 Å². The molecular formula is C18H27N3O3. The molecule has 1 heterocycles. The smallest absolute Gasteiger partial charge is 0.264 e. The lowest BCUT2D eigenvalue weighted by Gasteiger charge is -2.18. The zero-order valence-corrected chi connectivity index (χ0v) is 14.7. The summed E-state index contributed by atoms with van der Waals surface area (Å²) in [6, 6.07) is 7.59. The molecule has 1 atom stereocenters. The second kappa shape index (κ2) is 9.27. The Morgan fingerprint density at radius 3 is 2.67 bits per heavy atom. The highest BCUT2D eigenvalue weighted by Gasteiger charge is 2.28. The summed E-state index contributed by atoms with van der Waals surface area (Å²) in [7, 11) is 1.63. The van der Waals surface area contributed by atoms with Gasteiger partial charge in [-0.3, -0.25) is 4.79 Å². The van der Waals surface area contributed by atoms with Crippen molar-refractivity contribution in [3.8, 4) is 5.75 Å². The maximum Gasteiger partial charge on any atom is 0.264 e. The van der Waals surface area contributed by atoms with Gasteiger partial charge in [0.15, 0.2) is 0 Å². The quantitative estimate of drug-likeness (QED) is 0.703. The van der Waals surface area contributed by atoms with Crippen LogP contribution in [0.1, 0.15) is 32.3 Å². The number of hydrogen-bond acceptors (Lipinski definition) is 5. The van der Waals surface area contributed by atoms with E-state index in [4.69, 9.17) is 9.57 Å². The molecule has 1 aromatic carbocycles. The number of amides is 1. The zero-order chi connectivity index (χ0) is 17.4. The molecule has 0 aromatic heterocycles. The molecule has 24 heavy (non-hydrogen) atoms. The molecule has 6 nitrogen and oxygen atoms in total. The monoisotopic (exact) mass is 333 g/mol. The van der Waals surface area contributed by atoms with Crippen molar-refractivity contribution in [1.29, 1.82) is 0 Å². The van der Waals surface area contributed by atoms with Crippen LogP contribution in [0.25, 0.3) is 0 Å². The molecule has 132 valence electrons. The summed E-state index contributed by atoms with van der Waals surface area (Å²) in [5.41, 5.74) is 1.74. The lowest BCUT2D eigenvalue weighted by Crippen LogP contribution is -2.36. The van der Waals surface area contributed by atoms with E-state index in [0.29, 0.717) is 13.0 Å². The minimum absolute atomic E-state index is 0.0955. The Kier molecular flexibility index (Phi) is 7.06. The normalized spacial score (nSPS) is 16.7. The van der Waals surface area contributed by atoms with Crippen LogP contribution >= 0.6 is 0 Å². The zero-order valence-electron chi connectivity index (χ0n) is 14.7. The van der Waals surface area contributed by atoms with Crippen molar-refractivity contribution in [2.75, 3.05) is 33.3 Å². The molecule has 0 radical (unpaired) electrons.